The molecule has 3 N–H and O–H groups in total. The van der Waals surface area contributed by atoms with E-state index >= 15 is 0 Å². The maximum Gasteiger partial charge on any atom is 0.407 e. The first-order valence-electron chi connectivity index (χ1n) is 7.64. The van der Waals surface area contributed by atoms with Crippen molar-refractivity contribution < 1.29 is 19.1 Å². The van der Waals surface area contributed by atoms with Gasteiger partial charge in [-0.05, 0) is 48.0 Å². The van der Waals surface area contributed by atoms with Crippen LogP contribution in [0.4, 0.5) is 9.59 Å². The minimum absolute atomic E-state index is 0.0939. The van der Waals surface area contributed by atoms with Crippen molar-refractivity contribution in [1.82, 2.24) is 16.0 Å². The summed E-state index contributed by atoms with van der Waals surface area (Å²) in [6.07, 6.45) is -0.264. The fourth-order valence-corrected chi connectivity index (χ4v) is 2.11. The summed E-state index contributed by atoms with van der Waals surface area (Å²) in [6, 6.07) is -0.188. The van der Waals surface area contributed by atoms with E-state index in [1.807, 2.05) is 41.5 Å². The predicted molar refractivity (Wildman–Crippen MR) is 83.8 cm³/mol. The third-order valence-corrected chi connectivity index (χ3v) is 2.79. The Hall–Kier alpha value is -1.50. The van der Waals surface area contributed by atoms with Crippen molar-refractivity contribution in [3.63, 3.8) is 0 Å². The fourth-order valence-electron chi connectivity index (χ4n) is 2.11. The number of alkyl carbamates (subject to hydrolysis) is 2. The molecule has 7 heteroatoms. The van der Waals surface area contributed by atoms with Crippen LogP contribution in [-0.4, -0.2) is 48.6 Å². The molecule has 1 aliphatic rings. The van der Waals surface area contributed by atoms with Crippen LogP contribution in [0.3, 0.4) is 0 Å². The maximum atomic E-state index is 11.8. The molecule has 22 heavy (non-hydrogen) atoms. The van der Waals surface area contributed by atoms with E-state index in [1.54, 1.807) is 0 Å². The zero-order chi connectivity index (χ0) is 17.0. The van der Waals surface area contributed by atoms with Crippen LogP contribution in [0.2, 0.25) is 0 Å². The first-order valence-corrected chi connectivity index (χ1v) is 7.64. The Morgan fingerprint density at radius 1 is 0.864 bits per heavy atom. The van der Waals surface area contributed by atoms with E-state index in [9.17, 15) is 9.59 Å². The Kier molecular flexibility index (Phi) is 6.05. The van der Waals surface area contributed by atoms with Gasteiger partial charge in [-0.2, -0.15) is 0 Å². The monoisotopic (exact) mass is 315 g/mol. The normalized spacial score (nSPS) is 22.6. The van der Waals surface area contributed by atoms with Crippen molar-refractivity contribution in [2.24, 2.45) is 0 Å². The van der Waals surface area contributed by atoms with E-state index in [4.69, 9.17) is 9.47 Å². The third kappa shape index (κ3) is 8.07. The number of hydrogen-bond donors (Lipinski definition) is 3. The van der Waals surface area contributed by atoms with Crippen LogP contribution in [0.15, 0.2) is 0 Å². The molecule has 1 fully saturated rings. The van der Waals surface area contributed by atoms with Crippen LogP contribution < -0.4 is 16.0 Å². The van der Waals surface area contributed by atoms with Crippen LogP contribution in [0.5, 0.6) is 0 Å². The first kappa shape index (κ1) is 18.5. The first-order chi connectivity index (χ1) is 9.94. The second-order valence-corrected chi connectivity index (χ2v) is 7.58. The van der Waals surface area contributed by atoms with Gasteiger partial charge in [0.05, 0.1) is 0 Å². The summed E-state index contributed by atoms with van der Waals surface area (Å²) in [5.74, 6) is 0. The van der Waals surface area contributed by atoms with Gasteiger partial charge in [0.1, 0.15) is 11.2 Å². The minimum atomic E-state index is -0.527. The standard InChI is InChI=1S/C15H29N3O4/c1-14(2,3)21-12(19)17-10-7-11(9-16-8-10)18-13(20)22-15(4,5)6/h10-11,16H,7-9H2,1-6H3,(H,17,19)(H,18,20)/t10-,11+. The van der Waals surface area contributed by atoms with Crippen LogP contribution in [-0.2, 0) is 9.47 Å². The van der Waals surface area contributed by atoms with Crippen molar-refractivity contribution in [1.29, 1.82) is 0 Å². The summed E-state index contributed by atoms with van der Waals surface area (Å²) < 4.78 is 10.5. The molecule has 0 unspecified atom stereocenters. The number of carbonyl (C=O) groups excluding carboxylic acids is 2. The van der Waals surface area contributed by atoms with Gasteiger partial charge in [0, 0.05) is 25.2 Å². The molecule has 0 radical (unpaired) electrons. The highest BCUT2D eigenvalue weighted by Gasteiger charge is 2.27. The molecule has 0 aliphatic carbocycles. The molecular weight excluding hydrogens is 286 g/mol. The van der Waals surface area contributed by atoms with E-state index in [0.29, 0.717) is 19.5 Å². The number of amides is 2. The zero-order valence-electron chi connectivity index (χ0n) is 14.4. The lowest BCUT2D eigenvalue weighted by atomic mass is 10.0. The summed E-state index contributed by atoms with van der Waals surface area (Å²) in [5, 5.41) is 8.80. The molecule has 0 aromatic heterocycles. The molecule has 0 saturated carbocycles. The van der Waals surface area contributed by atoms with E-state index in [-0.39, 0.29) is 12.1 Å². The summed E-state index contributed by atoms with van der Waals surface area (Å²) in [5.41, 5.74) is -1.05. The minimum Gasteiger partial charge on any atom is -0.444 e. The molecule has 0 aromatic rings. The Bertz CT molecular complexity index is 363. The van der Waals surface area contributed by atoms with Gasteiger partial charge in [0.25, 0.3) is 0 Å². The molecular formula is C15H29N3O4. The van der Waals surface area contributed by atoms with Gasteiger partial charge in [-0.1, -0.05) is 0 Å². The summed E-state index contributed by atoms with van der Waals surface area (Å²) in [7, 11) is 0. The predicted octanol–water partition coefficient (Wildman–Crippen LogP) is 1.77. The molecule has 1 heterocycles. The highest BCUT2D eigenvalue weighted by molar-refractivity contribution is 5.69. The molecule has 0 spiro atoms. The zero-order valence-corrected chi connectivity index (χ0v) is 14.4. The van der Waals surface area contributed by atoms with Gasteiger partial charge >= 0.3 is 12.2 Å². The molecule has 1 saturated heterocycles. The SMILES string of the molecule is CC(C)(C)OC(=O)N[C@@H]1CNC[C@H](NC(=O)OC(C)(C)C)C1. The lowest BCUT2D eigenvalue weighted by Gasteiger charge is -2.32. The van der Waals surface area contributed by atoms with Crippen molar-refractivity contribution in [2.45, 2.75) is 71.2 Å². The second-order valence-electron chi connectivity index (χ2n) is 7.58. The number of nitrogens with one attached hydrogen (secondary N) is 3. The van der Waals surface area contributed by atoms with Gasteiger partial charge in [-0.25, -0.2) is 9.59 Å². The van der Waals surface area contributed by atoms with E-state index in [0.717, 1.165) is 0 Å². The number of piperidine rings is 1. The smallest absolute Gasteiger partial charge is 0.407 e. The average molecular weight is 315 g/mol. The molecule has 2 amide bonds. The Morgan fingerprint density at radius 3 is 1.55 bits per heavy atom. The molecule has 1 aliphatic heterocycles. The maximum absolute atomic E-state index is 11.8. The summed E-state index contributed by atoms with van der Waals surface area (Å²) in [4.78, 5) is 23.5. The quantitative estimate of drug-likeness (QED) is 0.722. The van der Waals surface area contributed by atoms with E-state index < -0.39 is 23.4 Å². The van der Waals surface area contributed by atoms with Gasteiger partial charge in [0.2, 0.25) is 0 Å². The van der Waals surface area contributed by atoms with Crippen LogP contribution in [0.1, 0.15) is 48.0 Å². The lowest BCUT2D eigenvalue weighted by molar-refractivity contribution is 0.0469. The highest BCUT2D eigenvalue weighted by atomic mass is 16.6. The largest absolute Gasteiger partial charge is 0.444 e. The number of hydrogen-bond acceptors (Lipinski definition) is 5. The Balaban J connectivity index is 2.41. The fraction of sp³-hybridized carbons (Fsp3) is 0.867. The van der Waals surface area contributed by atoms with Crippen molar-refractivity contribution in [2.75, 3.05) is 13.1 Å². The second kappa shape index (κ2) is 7.17. The topological polar surface area (TPSA) is 88.7 Å². The highest BCUT2D eigenvalue weighted by Crippen LogP contribution is 2.10. The van der Waals surface area contributed by atoms with Gasteiger partial charge in [0.15, 0.2) is 0 Å². The Labute approximate surface area is 132 Å². The van der Waals surface area contributed by atoms with Crippen molar-refractivity contribution in [3.05, 3.63) is 0 Å². The van der Waals surface area contributed by atoms with Crippen molar-refractivity contribution in [3.8, 4) is 0 Å². The molecule has 0 aromatic carbocycles. The van der Waals surface area contributed by atoms with Crippen LogP contribution >= 0.6 is 0 Å². The lowest BCUT2D eigenvalue weighted by Crippen LogP contribution is -2.56. The van der Waals surface area contributed by atoms with Crippen molar-refractivity contribution >= 4 is 12.2 Å². The van der Waals surface area contributed by atoms with Gasteiger partial charge in [-0.3, -0.25) is 0 Å². The average Bonchev–Trinajstić information content (AvgIpc) is 2.22. The molecule has 128 valence electrons. The molecule has 7 nitrogen and oxygen atoms in total. The Morgan fingerprint density at radius 2 is 1.23 bits per heavy atom. The van der Waals surface area contributed by atoms with E-state index in [2.05, 4.69) is 16.0 Å². The van der Waals surface area contributed by atoms with Gasteiger partial charge in [-0.15, -0.1) is 0 Å². The van der Waals surface area contributed by atoms with Crippen LogP contribution in [0.25, 0.3) is 0 Å². The number of carbonyl (C=O) groups is 2. The summed E-state index contributed by atoms with van der Waals surface area (Å²) in [6.45, 7) is 12.2. The van der Waals surface area contributed by atoms with Gasteiger partial charge < -0.3 is 25.4 Å². The molecule has 2 atom stereocenters. The molecule has 1 rings (SSSR count). The number of ether oxygens (including phenoxy) is 2. The van der Waals surface area contributed by atoms with Crippen LogP contribution in [0, 0.1) is 0 Å². The summed E-state index contributed by atoms with van der Waals surface area (Å²) >= 11 is 0. The third-order valence-electron chi connectivity index (χ3n) is 2.79. The van der Waals surface area contributed by atoms with E-state index in [1.165, 1.54) is 0 Å². The number of rotatable bonds is 2. The molecule has 0 bridgehead atoms.